The quantitative estimate of drug-likeness (QED) is 0.836. The smallest absolute Gasteiger partial charge is 0.229 e. The van der Waals surface area contributed by atoms with Crippen LogP contribution in [0.5, 0.6) is 0 Å². The number of rotatable bonds is 2. The summed E-state index contributed by atoms with van der Waals surface area (Å²) in [6, 6.07) is 3.84. The fourth-order valence-corrected chi connectivity index (χ4v) is 1.35. The van der Waals surface area contributed by atoms with Crippen molar-refractivity contribution < 1.29 is 0 Å². The minimum atomic E-state index is 0.645. The van der Waals surface area contributed by atoms with Crippen molar-refractivity contribution in [2.24, 2.45) is 0 Å². The van der Waals surface area contributed by atoms with E-state index in [-0.39, 0.29) is 0 Å². The molecule has 0 radical (unpaired) electrons. The van der Waals surface area contributed by atoms with Gasteiger partial charge in [0, 0.05) is 25.6 Å². The Bertz CT molecular complexity index is 429. The van der Waals surface area contributed by atoms with Gasteiger partial charge in [0.05, 0.1) is 16.4 Å². The molecule has 0 fully saturated rings. The number of nitrogens with zero attached hydrogens (tertiary/aromatic N) is 4. The highest BCUT2D eigenvalue weighted by Gasteiger charge is 2.05. The molecule has 0 aliphatic carbocycles. The number of hydrogen-bond donors (Lipinski definition) is 0. The summed E-state index contributed by atoms with van der Waals surface area (Å²) in [6.45, 7) is 0. The molecular formula is C10H9BrN4. The zero-order valence-corrected chi connectivity index (χ0v) is 9.72. The van der Waals surface area contributed by atoms with Crippen LogP contribution < -0.4 is 4.90 Å². The molecule has 2 aromatic rings. The number of halogens is 1. The van der Waals surface area contributed by atoms with Gasteiger partial charge in [0.15, 0.2) is 0 Å². The molecule has 0 N–H and O–H groups in total. The molecule has 0 saturated heterocycles. The van der Waals surface area contributed by atoms with E-state index in [2.05, 4.69) is 30.9 Å². The Labute approximate surface area is 96.1 Å². The van der Waals surface area contributed by atoms with E-state index in [4.69, 9.17) is 0 Å². The van der Waals surface area contributed by atoms with Gasteiger partial charge in [0.2, 0.25) is 5.95 Å². The molecule has 2 rings (SSSR count). The molecule has 4 nitrogen and oxygen atoms in total. The molecule has 2 heterocycles. The molecule has 2 aromatic heterocycles. The van der Waals surface area contributed by atoms with Crippen LogP contribution in [0.3, 0.4) is 0 Å². The normalized spacial score (nSPS) is 10.0. The van der Waals surface area contributed by atoms with Gasteiger partial charge in [-0.05, 0) is 28.1 Å². The Morgan fingerprint density at radius 1 is 1.20 bits per heavy atom. The monoisotopic (exact) mass is 264 g/mol. The molecule has 15 heavy (non-hydrogen) atoms. The summed E-state index contributed by atoms with van der Waals surface area (Å²) < 4.78 is 0.867. The lowest BCUT2D eigenvalue weighted by Crippen LogP contribution is -2.12. The van der Waals surface area contributed by atoms with Crippen LogP contribution in [-0.2, 0) is 0 Å². The highest BCUT2D eigenvalue weighted by Crippen LogP contribution is 2.18. The van der Waals surface area contributed by atoms with Crippen molar-refractivity contribution in [1.29, 1.82) is 0 Å². The van der Waals surface area contributed by atoms with Gasteiger partial charge >= 0.3 is 0 Å². The van der Waals surface area contributed by atoms with Gasteiger partial charge in [-0.15, -0.1) is 0 Å². The maximum atomic E-state index is 4.19. The SMILES string of the molecule is CN(c1cccnc1)c1ncc(Br)cn1. The number of hydrogen-bond acceptors (Lipinski definition) is 4. The van der Waals surface area contributed by atoms with Crippen molar-refractivity contribution in [3.05, 3.63) is 41.4 Å². The third-order valence-electron chi connectivity index (χ3n) is 1.94. The molecule has 0 bridgehead atoms. The number of aromatic nitrogens is 3. The standard InChI is InChI=1S/C10H9BrN4/c1-15(9-3-2-4-12-7-9)10-13-5-8(11)6-14-10/h2-7H,1H3. The Hall–Kier alpha value is -1.49. The molecule has 0 amide bonds. The van der Waals surface area contributed by atoms with E-state index in [9.17, 15) is 0 Å². The van der Waals surface area contributed by atoms with E-state index in [1.165, 1.54) is 0 Å². The highest BCUT2D eigenvalue weighted by molar-refractivity contribution is 9.10. The van der Waals surface area contributed by atoms with Crippen LogP contribution in [0.25, 0.3) is 0 Å². The molecule has 0 atom stereocenters. The van der Waals surface area contributed by atoms with E-state index in [1.54, 1.807) is 24.8 Å². The van der Waals surface area contributed by atoms with Crippen molar-refractivity contribution in [2.75, 3.05) is 11.9 Å². The molecule has 0 saturated carbocycles. The summed E-state index contributed by atoms with van der Waals surface area (Å²) in [5, 5.41) is 0. The van der Waals surface area contributed by atoms with Crippen LogP contribution in [0.15, 0.2) is 41.4 Å². The maximum Gasteiger partial charge on any atom is 0.229 e. The Morgan fingerprint density at radius 3 is 2.53 bits per heavy atom. The van der Waals surface area contributed by atoms with Crippen LogP contribution in [0.1, 0.15) is 0 Å². The highest BCUT2D eigenvalue weighted by atomic mass is 79.9. The zero-order chi connectivity index (χ0) is 10.7. The predicted octanol–water partition coefficient (Wildman–Crippen LogP) is 2.40. The largest absolute Gasteiger partial charge is 0.312 e. The van der Waals surface area contributed by atoms with E-state index >= 15 is 0 Å². The Kier molecular flexibility index (Phi) is 2.91. The second kappa shape index (κ2) is 4.35. The van der Waals surface area contributed by atoms with Gasteiger partial charge in [0.25, 0.3) is 0 Å². The van der Waals surface area contributed by atoms with Crippen molar-refractivity contribution in [2.45, 2.75) is 0 Å². The van der Waals surface area contributed by atoms with Crippen LogP contribution in [-0.4, -0.2) is 22.0 Å². The second-order valence-corrected chi connectivity index (χ2v) is 3.89. The summed E-state index contributed by atoms with van der Waals surface area (Å²) in [7, 11) is 1.90. The van der Waals surface area contributed by atoms with Crippen molar-refractivity contribution in [1.82, 2.24) is 15.0 Å². The first-order valence-corrected chi connectivity index (χ1v) is 5.18. The van der Waals surface area contributed by atoms with Gasteiger partial charge in [0.1, 0.15) is 0 Å². The van der Waals surface area contributed by atoms with Gasteiger partial charge < -0.3 is 4.90 Å². The predicted molar refractivity (Wildman–Crippen MR) is 62.0 cm³/mol. The molecule has 5 heteroatoms. The van der Waals surface area contributed by atoms with Gasteiger partial charge in [-0.2, -0.15) is 0 Å². The number of anilines is 2. The zero-order valence-electron chi connectivity index (χ0n) is 8.13. The third-order valence-corrected chi connectivity index (χ3v) is 2.35. The van der Waals surface area contributed by atoms with Gasteiger partial charge in [-0.25, -0.2) is 9.97 Å². The second-order valence-electron chi connectivity index (χ2n) is 2.97. The maximum absolute atomic E-state index is 4.19. The average Bonchev–Trinajstić information content (AvgIpc) is 2.30. The van der Waals surface area contributed by atoms with Gasteiger partial charge in [-0.1, -0.05) is 0 Å². The topological polar surface area (TPSA) is 41.9 Å². The van der Waals surface area contributed by atoms with Crippen molar-refractivity contribution in [3.63, 3.8) is 0 Å². The lowest BCUT2D eigenvalue weighted by Gasteiger charge is -2.15. The molecular weight excluding hydrogens is 256 g/mol. The summed E-state index contributed by atoms with van der Waals surface area (Å²) in [4.78, 5) is 14.3. The first-order valence-electron chi connectivity index (χ1n) is 4.38. The molecule has 0 unspecified atom stereocenters. The van der Waals surface area contributed by atoms with E-state index in [0.29, 0.717) is 5.95 Å². The van der Waals surface area contributed by atoms with Gasteiger partial charge in [-0.3, -0.25) is 4.98 Å². The molecule has 0 spiro atoms. The summed E-state index contributed by atoms with van der Waals surface area (Å²) in [6.07, 6.45) is 6.94. The average molecular weight is 265 g/mol. The lowest BCUT2D eigenvalue weighted by molar-refractivity contribution is 1.03. The fraction of sp³-hybridized carbons (Fsp3) is 0.100. The minimum Gasteiger partial charge on any atom is -0.312 e. The molecule has 0 aliphatic rings. The third kappa shape index (κ3) is 2.30. The molecule has 0 aliphatic heterocycles. The minimum absolute atomic E-state index is 0.645. The summed E-state index contributed by atoms with van der Waals surface area (Å²) in [5.41, 5.74) is 0.958. The molecule has 0 aromatic carbocycles. The summed E-state index contributed by atoms with van der Waals surface area (Å²) in [5.74, 6) is 0.645. The van der Waals surface area contributed by atoms with E-state index in [1.807, 2.05) is 24.1 Å². The van der Waals surface area contributed by atoms with E-state index < -0.39 is 0 Å². The van der Waals surface area contributed by atoms with Crippen LogP contribution in [0, 0.1) is 0 Å². The van der Waals surface area contributed by atoms with E-state index in [0.717, 1.165) is 10.2 Å². The van der Waals surface area contributed by atoms with Crippen LogP contribution in [0.4, 0.5) is 11.6 Å². The van der Waals surface area contributed by atoms with Crippen molar-refractivity contribution in [3.8, 4) is 0 Å². The Balaban J connectivity index is 2.29. The fourth-order valence-electron chi connectivity index (χ4n) is 1.15. The van der Waals surface area contributed by atoms with Crippen molar-refractivity contribution >= 4 is 27.6 Å². The van der Waals surface area contributed by atoms with Crippen LogP contribution in [0.2, 0.25) is 0 Å². The first kappa shape index (κ1) is 10.0. The summed E-state index contributed by atoms with van der Waals surface area (Å²) >= 11 is 3.29. The van der Waals surface area contributed by atoms with Crippen LogP contribution >= 0.6 is 15.9 Å². The first-order chi connectivity index (χ1) is 7.27. The number of pyridine rings is 1. The molecule has 76 valence electrons. The Morgan fingerprint density at radius 2 is 1.93 bits per heavy atom. The lowest BCUT2D eigenvalue weighted by atomic mass is 10.4.